The molecule has 2 aromatic rings. The summed E-state index contributed by atoms with van der Waals surface area (Å²) < 4.78 is 26.3. The summed E-state index contributed by atoms with van der Waals surface area (Å²) in [7, 11) is -3.42. The van der Waals surface area contributed by atoms with E-state index in [-0.39, 0.29) is 0 Å². The van der Waals surface area contributed by atoms with Crippen molar-refractivity contribution in [1.29, 1.82) is 0 Å². The largest absolute Gasteiger partial charge is 0.256 e. The van der Waals surface area contributed by atoms with E-state index in [4.69, 9.17) is 0 Å². The van der Waals surface area contributed by atoms with E-state index in [1.165, 1.54) is 15.4 Å². The zero-order valence-electron chi connectivity index (χ0n) is 14.7. The van der Waals surface area contributed by atoms with Gasteiger partial charge in [0, 0.05) is 19.3 Å². The Morgan fingerprint density at radius 1 is 1.00 bits per heavy atom. The number of hydrogen-bond acceptors (Lipinski definition) is 3. The van der Waals surface area contributed by atoms with Gasteiger partial charge in [-0.3, -0.25) is 4.99 Å². The van der Waals surface area contributed by atoms with Crippen molar-refractivity contribution in [2.45, 2.75) is 32.6 Å². The van der Waals surface area contributed by atoms with Gasteiger partial charge in [-0.1, -0.05) is 37.6 Å². The second kappa shape index (κ2) is 7.73. The average Bonchev–Trinajstić information content (AvgIpc) is 2.55. The Balaban J connectivity index is 2.22. The molecular weight excluding hydrogens is 320 g/mol. The van der Waals surface area contributed by atoms with Crippen molar-refractivity contribution >= 4 is 21.9 Å². The van der Waals surface area contributed by atoms with E-state index in [1.807, 2.05) is 39.1 Å². The number of nitrogens with zero attached hydrogens (tertiary/aromatic N) is 2. The van der Waals surface area contributed by atoms with Gasteiger partial charge < -0.3 is 0 Å². The van der Waals surface area contributed by atoms with Gasteiger partial charge in [-0.05, 0) is 49.2 Å². The molecule has 5 heteroatoms. The molecule has 0 N–H and O–H groups in total. The quantitative estimate of drug-likeness (QED) is 0.741. The molecule has 0 aliphatic carbocycles. The zero-order chi connectivity index (χ0) is 17.7. The highest BCUT2D eigenvalue weighted by Gasteiger charge is 2.20. The van der Waals surface area contributed by atoms with Crippen LogP contribution in [0.4, 0.5) is 5.69 Å². The molecule has 0 bridgehead atoms. The number of hydrogen-bond donors (Lipinski definition) is 0. The third-order valence-electron chi connectivity index (χ3n) is 3.96. The minimum absolute atomic E-state index is 0.302. The summed E-state index contributed by atoms with van der Waals surface area (Å²) in [5.41, 5.74) is 4.17. The average molecular weight is 344 g/mol. The lowest BCUT2D eigenvalue weighted by molar-refractivity contribution is 0.445. The van der Waals surface area contributed by atoms with Gasteiger partial charge in [0.1, 0.15) is 0 Å². The van der Waals surface area contributed by atoms with Crippen LogP contribution in [0.2, 0.25) is 0 Å². The van der Waals surface area contributed by atoms with Crippen molar-refractivity contribution in [3.63, 3.8) is 0 Å². The van der Waals surface area contributed by atoms with Crippen LogP contribution in [0.15, 0.2) is 52.4 Å². The summed E-state index contributed by atoms with van der Waals surface area (Å²) in [6, 6.07) is 12.9. The van der Waals surface area contributed by atoms with E-state index in [1.54, 1.807) is 24.3 Å². The molecule has 0 saturated carbocycles. The molecule has 0 saturated heterocycles. The zero-order valence-corrected chi connectivity index (χ0v) is 15.5. The Morgan fingerprint density at radius 2 is 1.62 bits per heavy atom. The molecule has 2 rings (SSSR count). The van der Waals surface area contributed by atoms with Gasteiger partial charge in [0.2, 0.25) is 10.0 Å². The molecule has 4 nitrogen and oxygen atoms in total. The molecule has 0 unspecified atom stereocenters. The molecule has 0 atom stereocenters. The number of aliphatic imine (C=N–C) groups is 1. The van der Waals surface area contributed by atoms with Crippen LogP contribution in [0.25, 0.3) is 0 Å². The number of rotatable bonds is 6. The maximum absolute atomic E-state index is 12.4. The summed E-state index contributed by atoms with van der Waals surface area (Å²) in [6.07, 6.45) is 1.81. The van der Waals surface area contributed by atoms with E-state index in [0.717, 1.165) is 11.3 Å². The monoisotopic (exact) mass is 344 g/mol. The molecule has 0 radical (unpaired) electrons. The second-order valence-corrected chi connectivity index (χ2v) is 7.64. The van der Waals surface area contributed by atoms with Crippen molar-refractivity contribution in [2.24, 2.45) is 4.99 Å². The van der Waals surface area contributed by atoms with Crippen LogP contribution in [0.3, 0.4) is 0 Å². The van der Waals surface area contributed by atoms with Crippen LogP contribution in [0, 0.1) is 13.8 Å². The van der Waals surface area contributed by atoms with Crippen LogP contribution < -0.4 is 0 Å². The summed E-state index contributed by atoms with van der Waals surface area (Å²) in [4.78, 5) is 4.74. The fourth-order valence-corrected chi connectivity index (χ4v) is 3.99. The highest BCUT2D eigenvalue weighted by atomic mass is 32.2. The molecule has 128 valence electrons. The summed E-state index contributed by atoms with van der Waals surface area (Å²) in [6.45, 7) is 8.71. The highest BCUT2D eigenvalue weighted by molar-refractivity contribution is 7.89. The third kappa shape index (κ3) is 4.10. The maximum atomic E-state index is 12.4. The molecule has 0 heterocycles. The fourth-order valence-electron chi connectivity index (χ4n) is 2.53. The molecule has 0 aliphatic heterocycles. The number of benzene rings is 2. The van der Waals surface area contributed by atoms with Crippen LogP contribution in [-0.4, -0.2) is 32.0 Å². The predicted molar refractivity (Wildman–Crippen MR) is 99.7 cm³/mol. The first-order chi connectivity index (χ1) is 11.4. The predicted octanol–water partition coefficient (Wildman–Crippen LogP) is 4.08. The van der Waals surface area contributed by atoms with Gasteiger partial charge in [-0.25, -0.2) is 8.42 Å². The van der Waals surface area contributed by atoms with Crippen LogP contribution in [0.5, 0.6) is 0 Å². The van der Waals surface area contributed by atoms with Gasteiger partial charge >= 0.3 is 0 Å². The van der Waals surface area contributed by atoms with E-state index in [9.17, 15) is 8.42 Å². The topological polar surface area (TPSA) is 49.7 Å². The van der Waals surface area contributed by atoms with E-state index >= 15 is 0 Å². The van der Waals surface area contributed by atoms with Crippen molar-refractivity contribution in [1.82, 2.24) is 4.31 Å². The molecule has 0 aromatic heterocycles. The van der Waals surface area contributed by atoms with Crippen molar-refractivity contribution < 1.29 is 8.42 Å². The Morgan fingerprint density at radius 3 is 2.17 bits per heavy atom. The molecule has 24 heavy (non-hydrogen) atoms. The smallest absolute Gasteiger partial charge is 0.243 e. The minimum Gasteiger partial charge on any atom is -0.256 e. The summed E-state index contributed by atoms with van der Waals surface area (Å²) in [5, 5.41) is 0. The van der Waals surface area contributed by atoms with Gasteiger partial charge in [-0.2, -0.15) is 4.31 Å². The lowest BCUT2D eigenvalue weighted by atomic mass is 10.1. The highest BCUT2D eigenvalue weighted by Crippen LogP contribution is 2.20. The molecule has 0 spiro atoms. The number of aryl methyl sites for hydroxylation is 2. The lowest BCUT2D eigenvalue weighted by Crippen LogP contribution is -2.30. The SMILES string of the molecule is CCN(CC)S(=O)(=O)c1ccc(N=Cc2ccc(C)cc2C)cc1. The van der Waals surface area contributed by atoms with Gasteiger partial charge in [-0.15, -0.1) is 0 Å². The standard InChI is InChI=1S/C19H24N2O2S/c1-5-21(6-2)24(22,23)19-11-9-18(10-12-19)20-14-17-8-7-15(3)13-16(17)4/h7-14H,5-6H2,1-4H3. The van der Waals surface area contributed by atoms with Crippen molar-refractivity contribution in [3.8, 4) is 0 Å². The first-order valence-electron chi connectivity index (χ1n) is 8.10. The maximum Gasteiger partial charge on any atom is 0.243 e. The fraction of sp³-hybridized carbons (Fsp3) is 0.316. The Hall–Kier alpha value is -1.98. The van der Waals surface area contributed by atoms with Crippen molar-refractivity contribution in [3.05, 3.63) is 59.2 Å². The number of sulfonamides is 1. The van der Waals surface area contributed by atoms with Crippen LogP contribution >= 0.6 is 0 Å². The minimum atomic E-state index is -3.42. The van der Waals surface area contributed by atoms with E-state index in [0.29, 0.717) is 18.0 Å². The van der Waals surface area contributed by atoms with Gasteiger partial charge in [0.25, 0.3) is 0 Å². The molecular formula is C19H24N2O2S. The summed E-state index contributed by atoms with van der Waals surface area (Å²) >= 11 is 0. The molecule has 0 fully saturated rings. The lowest BCUT2D eigenvalue weighted by Gasteiger charge is -2.18. The van der Waals surface area contributed by atoms with Gasteiger partial charge in [0.05, 0.1) is 10.6 Å². The van der Waals surface area contributed by atoms with Crippen LogP contribution in [0.1, 0.15) is 30.5 Å². The molecule has 2 aromatic carbocycles. The Bertz CT molecular complexity index is 821. The molecule has 0 aliphatic rings. The summed E-state index contributed by atoms with van der Waals surface area (Å²) in [5.74, 6) is 0. The van der Waals surface area contributed by atoms with Crippen molar-refractivity contribution in [2.75, 3.05) is 13.1 Å². The Kier molecular flexibility index (Phi) is 5.91. The second-order valence-electron chi connectivity index (χ2n) is 5.70. The normalized spacial score (nSPS) is 12.2. The van der Waals surface area contributed by atoms with E-state index in [2.05, 4.69) is 18.0 Å². The van der Waals surface area contributed by atoms with E-state index < -0.39 is 10.0 Å². The Labute approximate surface area is 144 Å². The van der Waals surface area contributed by atoms with Crippen LogP contribution in [-0.2, 0) is 10.0 Å². The first-order valence-corrected chi connectivity index (χ1v) is 9.54. The first kappa shape index (κ1) is 18.4. The van der Waals surface area contributed by atoms with Gasteiger partial charge in [0.15, 0.2) is 0 Å². The third-order valence-corrected chi connectivity index (χ3v) is 6.02. The molecule has 0 amide bonds.